The summed E-state index contributed by atoms with van der Waals surface area (Å²) < 4.78 is 41.8. The number of nitrogens with one attached hydrogen (secondary N) is 1. The van der Waals surface area contributed by atoms with Crippen molar-refractivity contribution in [1.29, 1.82) is 0 Å². The number of fused-ring (bicyclic) bond motifs is 1. The Hall–Kier alpha value is -2.18. The van der Waals surface area contributed by atoms with E-state index >= 15 is 0 Å². The number of benzene rings is 2. The van der Waals surface area contributed by atoms with E-state index in [1.54, 1.807) is 6.20 Å². The molecule has 4 rings (SSSR count). The average Bonchev–Trinajstić information content (AvgIpc) is 3.03. The zero-order chi connectivity index (χ0) is 17.4. The van der Waals surface area contributed by atoms with Crippen LogP contribution in [0.25, 0.3) is 10.9 Å². The maximum absolute atomic E-state index is 13.5. The number of rotatable bonds is 3. The van der Waals surface area contributed by atoms with E-state index in [-0.39, 0.29) is 15.8 Å². The van der Waals surface area contributed by atoms with E-state index in [1.807, 2.05) is 28.8 Å². The molecule has 1 fully saturated rings. The van der Waals surface area contributed by atoms with Gasteiger partial charge in [-0.15, -0.1) is 0 Å². The monoisotopic (exact) mass is 358 g/mol. The number of para-hydroxylation sites is 1. The fraction of sp³-hybridized carbons (Fsp3) is 0.263. The van der Waals surface area contributed by atoms with Gasteiger partial charge in [0.25, 0.3) is 0 Å². The van der Waals surface area contributed by atoms with Crippen molar-refractivity contribution in [3.63, 3.8) is 0 Å². The second-order valence-corrected chi connectivity index (χ2v) is 8.30. The van der Waals surface area contributed by atoms with Crippen molar-refractivity contribution in [2.24, 2.45) is 0 Å². The molecule has 1 saturated heterocycles. The lowest BCUT2D eigenvalue weighted by atomic mass is 10.1. The van der Waals surface area contributed by atoms with E-state index in [2.05, 4.69) is 5.32 Å². The predicted molar refractivity (Wildman–Crippen MR) is 94.9 cm³/mol. The normalized spacial score (nSPS) is 18.5. The van der Waals surface area contributed by atoms with E-state index in [0.717, 1.165) is 37.5 Å². The van der Waals surface area contributed by atoms with Gasteiger partial charge in [-0.2, -0.15) is 0 Å². The van der Waals surface area contributed by atoms with Crippen molar-refractivity contribution in [1.82, 2.24) is 9.88 Å². The van der Waals surface area contributed by atoms with Gasteiger partial charge in [0.15, 0.2) is 0 Å². The molecule has 0 amide bonds. The summed E-state index contributed by atoms with van der Waals surface area (Å²) >= 11 is 0. The van der Waals surface area contributed by atoms with Crippen LogP contribution in [0.15, 0.2) is 64.5 Å². The van der Waals surface area contributed by atoms with Crippen molar-refractivity contribution in [3.8, 4) is 0 Å². The lowest BCUT2D eigenvalue weighted by Crippen LogP contribution is -2.31. The first-order valence-electron chi connectivity index (χ1n) is 8.38. The Morgan fingerprint density at radius 2 is 1.96 bits per heavy atom. The van der Waals surface area contributed by atoms with E-state index in [9.17, 15) is 12.8 Å². The molecule has 1 unspecified atom stereocenters. The summed E-state index contributed by atoms with van der Waals surface area (Å²) in [6.45, 7) is 1.81. The molecule has 2 heterocycles. The second kappa shape index (κ2) is 6.28. The topological polar surface area (TPSA) is 51.1 Å². The van der Waals surface area contributed by atoms with Gasteiger partial charge in [0.2, 0.25) is 9.84 Å². The minimum atomic E-state index is -3.79. The average molecular weight is 358 g/mol. The van der Waals surface area contributed by atoms with Crippen LogP contribution >= 0.6 is 0 Å². The van der Waals surface area contributed by atoms with Crippen LogP contribution in [0.1, 0.15) is 18.9 Å². The largest absolute Gasteiger partial charge is 0.342 e. The molecule has 0 aliphatic carbocycles. The first kappa shape index (κ1) is 16.3. The molecule has 1 atom stereocenters. The summed E-state index contributed by atoms with van der Waals surface area (Å²) in [7, 11) is -3.79. The molecule has 0 spiro atoms. The minimum absolute atomic E-state index is 0.0165. The molecule has 0 saturated carbocycles. The first-order chi connectivity index (χ1) is 12.1. The summed E-state index contributed by atoms with van der Waals surface area (Å²) in [5, 5.41) is 4.04. The van der Waals surface area contributed by atoms with E-state index in [1.165, 1.54) is 18.2 Å². The van der Waals surface area contributed by atoms with Gasteiger partial charge in [-0.05, 0) is 43.7 Å². The molecule has 2 aromatic carbocycles. The van der Waals surface area contributed by atoms with Crippen LogP contribution in [0.3, 0.4) is 0 Å². The third kappa shape index (κ3) is 2.85. The van der Waals surface area contributed by atoms with E-state index in [4.69, 9.17) is 0 Å². The molecule has 1 aromatic heterocycles. The maximum Gasteiger partial charge on any atom is 0.208 e. The van der Waals surface area contributed by atoms with Gasteiger partial charge < -0.3 is 9.88 Å². The van der Waals surface area contributed by atoms with Crippen LogP contribution in [0.2, 0.25) is 0 Å². The number of aromatic nitrogens is 1. The Bertz CT molecular complexity index is 1020. The van der Waals surface area contributed by atoms with Crippen LogP contribution in [0.4, 0.5) is 4.39 Å². The molecule has 130 valence electrons. The van der Waals surface area contributed by atoms with Crippen LogP contribution in [0, 0.1) is 5.82 Å². The smallest absolute Gasteiger partial charge is 0.208 e. The van der Waals surface area contributed by atoms with Gasteiger partial charge in [-0.1, -0.05) is 24.3 Å². The second-order valence-electron chi connectivity index (χ2n) is 6.38. The quantitative estimate of drug-likeness (QED) is 0.779. The molecule has 0 radical (unpaired) electrons. The summed E-state index contributed by atoms with van der Waals surface area (Å²) in [6, 6.07) is 12.9. The summed E-state index contributed by atoms with van der Waals surface area (Å²) in [6.07, 6.45) is 3.77. The SMILES string of the molecule is O=S(=O)(c1cccc(F)c1)c1cn(C2CCCNC2)c2ccccc12. The molecule has 1 N–H and O–H groups in total. The molecule has 4 nitrogen and oxygen atoms in total. The molecular weight excluding hydrogens is 339 g/mol. The third-order valence-corrected chi connectivity index (χ3v) is 6.54. The summed E-state index contributed by atoms with van der Waals surface area (Å²) in [4.78, 5) is 0.219. The summed E-state index contributed by atoms with van der Waals surface area (Å²) in [5.74, 6) is -0.554. The van der Waals surface area contributed by atoms with Gasteiger partial charge in [0, 0.05) is 29.7 Å². The van der Waals surface area contributed by atoms with Crippen molar-refractivity contribution in [3.05, 3.63) is 60.5 Å². The highest BCUT2D eigenvalue weighted by molar-refractivity contribution is 7.91. The van der Waals surface area contributed by atoms with E-state index < -0.39 is 15.7 Å². The number of hydrogen-bond donors (Lipinski definition) is 1. The van der Waals surface area contributed by atoms with Gasteiger partial charge in [-0.25, -0.2) is 12.8 Å². The van der Waals surface area contributed by atoms with Gasteiger partial charge in [0.05, 0.1) is 9.79 Å². The molecule has 3 aromatic rings. The zero-order valence-corrected chi connectivity index (χ0v) is 14.5. The lowest BCUT2D eigenvalue weighted by Gasteiger charge is -2.25. The Kier molecular flexibility index (Phi) is 4.09. The number of piperidine rings is 1. The molecule has 0 bridgehead atoms. The fourth-order valence-electron chi connectivity index (χ4n) is 3.52. The highest BCUT2D eigenvalue weighted by Crippen LogP contribution is 2.33. The Morgan fingerprint density at radius 3 is 2.72 bits per heavy atom. The molecule has 25 heavy (non-hydrogen) atoms. The van der Waals surface area contributed by atoms with Crippen molar-refractivity contribution in [2.45, 2.75) is 28.7 Å². The van der Waals surface area contributed by atoms with Crippen molar-refractivity contribution >= 4 is 20.7 Å². The number of halogens is 1. The molecule has 1 aliphatic rings. The maximum atomic E-state index is 13.5. The molecule has 1 aliphatic heterocycles. The lowest BCUT2D eigenvalue weighted by molar-refractivity contribution is 0.378. The molecular formula is C19H19FN2O2S. The fourth-order valence-corrected chi connectivity index (χ4v) is 5.01. The van der Waals surface area contributed by atoms with Crippen LogP contribution in [-0.4, -0.2) is 26.1 Å². The van der Waals surface area contributed by atoms with Crippen molar-refractivity contribution in [2.75, 3.05) is 13.1 Å². The van der Waals surface area contributed by atoms with Gasteiger partial charge in [-0.3, -0.25) is 0 Å². The van der Waals surface area contributed by atoms with Gasteiger partial charge in [0.1, 0.15) is 5.82 Å². The number of sulfone groups is 1. The number of nitrogens with zero attached hydrogens (tertiary/aromatic N) is 1. The standard InChI is InChI=1S/C19H19FN2O2S/c20-14-5-3-7-16(11-14)25(23,24)19-13-22(15-6-4-10-21-12-15)18-9-2-1-8-17(18)19/h1-3,5,7-9,11,13,15,21H,4,6,10,12H2. The highest BCUT2D eigenvalue weighted by Gasteiger charge is 2.26. The van der Waals surface area contributed by atoms with Crippen LogP contribution in [-0.2, 0) is 9.84 Å². The summed E-state index contributed by atoms with van der Waals surface area (Å²) in [5.41, 5.74) is 0.895. The Labute approximate surface area is 146 Å². The van der Waals surface area contributed by atoms with Crippen LogP contribution < -0.4 is 5.32 Å². The van der Waals surface area contributed by atoms with Crippen molar-refractivity contribution < 1.29 is 12.8 Å². The third-order valence-electron chi connectivity index (χ3n) is 4.76. The Morgan fingerprint density at radius 1 is 1.12 bits per heavy atom. The highest BCUT2D eigenvalue weighted by atomic mass is 32.2. The zero-order valence-electron chi connectivity index (χ0n) is 13.7. The van der Waals surface area contributed by atoms with Crippen LogP contribution in [0.5, 0.6) is 0 Å². The predicted octanol–water partition coefficient (Wildman–Crippen LogP) is 3.54. The van der Waals surface area contributed by atoms with Gasteiger partial charge >= 0.3 is 0 Å². The minimum Gasteiger partial charge on any atom is -0.342 e. The Balaban J connectivity index is 1.90. The number of hydrogen-bond acceptors (Lipinski definition) is 3. The van der Waals surface area contributed by atoms with E-state index in [0.29, 0.717) is 5.39 Å². The first-order valence-corrected chi connectivity index (χ1v) is 9.86. The molecule has 6 heteroatoms.